The van der Waals surface area contributed by atoms with Crippen molar-refractivity contribution in [1.29, 1.82) is 5.41 Å². The Balaban J connectivity index is 3.87. The largest absolute Gasteiger partial charge is 0.282 e. The quantitative estimate of drug-likeness (QED) is 0.591. The topological polar surface area (TPSA) is 39.5 Å². The summed E-state index contributed by atoms with van der Waals surface area (Å²) in [5, 5.41) is 6.63. The van der Waals surface area contributed by atoms with Gasteiger partial charge in [0.2, 0.25) is 0 Å². The van der Waals surface area contributed by atoms with Gasteiger partial charge in [0, 0.05) is 0 Å². The molecule has 0 bridgehead atoms. The first-order valence-corrected chi connectivity index (χ1v) is 3.61. The van der Waals surface area contributed by atoms with Gasteiger partial charge in [0.05, 0.1) is 6.01 Å². The zero-order valence-corrected chi connectivity index (χ0v) is 6.89. The van der Waals surface area contributed by atoms with Crippen LogP contribution >= 0.6 is 0 Å². The average molecular weight is 141 g/mol. The zero-order valence-electron chi connectivity index (χ0n) is 6.89. The number of nitrogens with zero attached hydrogens (tertiary/aromatic N) is 2. The van der Waals surface area contributed by atoms with Gasteiger partial charge in [0.25, 0.3) is 0 Å². The van der Waals surface area contributed by atoms with Gasteiger partial charge in [0.15, 0.2) is 0 Å². The summed E-state index contributed by atoms with van der Waals surface area (Å²) in [5.41, 5.74) is 0. The molecule has 0 aromatic carbocycles. The highest BCUT2D eigenvalue weighted by molar-refractivity contribution is 5.36. The highest BCUT2D eigenvalue weighted by atomic mass is 15.2. The second-order valence-electron chi connectivity index (χ2n) is 2.09. The van der Waals surface area contributed by atoms with Crippen molar-refractivity contribution in [3.8, 4) is 0 Å². The molecule has 0 saturated heterocycles. The summed E-state index contributed by atoms with van der Waals surface area (Å²) in [7, 11) is 0. The van der Waals surface area contributed by atoms with E-state index in [1.165, 1.54) is 0 Å². The van der Waals surface area contributed by atoms with E-state index in [0.717, 1.165) is 13.1 Å². The van der Waals surface area contributed by atoms with Crippen molar-refractivity contribution in [3.05, 3.63) is 0 Å². The molecule has 0 aromatic rings. The fourth-order valence-electron chi connectivity index (χ4n) is 0.927. The minimum Gasteiger partial charge on any atom is -0.282 e. The van der Waals surface area contributed by atoms with Crippen LogP contribution in [0.15, 0.2) is 4.99 Å². The molecule has 0 rings (SSSR count). The first-order valence-electron chi connectivity index (χ1n) is 3.61. The first kappa shape index (κ1) is 9.34. The molecule has 10 heavy (non-hydrogen) atoms. The smallest absolute Gasteiger partial charge is 0.110 e. The summed E-state index contributed by atoms with van der Waals surface area (Å²) in [6.45, 7) is 8.08. The Kier molecular flexibility index (Phi) is 4.81. The lowest BCUT2D eigenvalue weighted by Gasteiger charge is -2.21. The maximum Gasteiger partial charge on any atom is 0.110 e. The highest BCUT2D eigenvalue weighted by Gasteiger charge is 2.05. The Morgan fingerprint density at radius 2 is 2.00 bits per heavy atom. The van der Waals surface area contributed by atoms with Crippen LogP contribution in [0.4, 0.5) is 0 Å². The van der Waals surface area contributed by atoms with Gasteiger partial charge in [-0.15, -0.1) is 0 Å². The predicted octanol–water partition coefficient (Wildman–Crippen LogP) is 1.43. The first-order chi connectivity index (χ1) is 4.76. The Hall–Kier alpha value is -0.660. The summed E-state index contributed by atoms with van der Waals surface area (Å²) in [5.74, 6) is 0. The zero-order chi connectivity index (χ0) is 7.98. The van der Waals surface area contributed by atoms with E-state index < -0.39 is 0 Å². The number of aliphatic imine (C=N–C) groups is 1. The Morgan fingerprint density at radius 1 is 1.50 bits per heavy atom. The Morgan fingerprint density at radius 3 is 2.30 bits per heavy atom. The van der Waals surface area contributed by atoms with Gasteiger partial charge in [-0.3, -0.25) is 4.90 Å². The standard InChI is InChI=1S/C7H15N3/c1-4-10(5-2)7(3)9-6-8/h7-8H,4-5H2,1-3H3. The van der Waals surface area contributed by atoms with Gasteiger partial charge in [-0.25, -0.2) is 10.4 Å². The molecule has 0 radical (unpaired) electrons. The lowest BCUT2D eigenvalue weighted by Crippen LogP contribution is -2.30. The van der Waals surface area contributed by atoms with E-state index >= 15 is 0 Å². The van der Waals surface area contributed by atoms with Crippen LogP contribution in [0.25, 0.3) is 0 Å². The van der Waals surface area contributed by atoms with E-state index in [2.05, 4.69) is 23.7 Å². The highest BCUT2D eigenvalue weighted by Crippen LogP contribution is 1.97. The van der Waals surface area contributed by atoms with Crippen molar-refractivity contribution in [2.75, 3.05) is 13.1 Å². The SMILES string of the molecule is CCN(CC)C(C)N=C=N. The summed E-state index contributed by atoms with van der Waals surface area (Å²) < 4.78 is 0. The van der Waals surface area contributed by atoms with Gasteiger partial charge < -0.3 is 0 Å². The van der Waals surface area contributed by atoms with Crippen LogP contribution in [0, 0.1) is 5.41 Å². The molecule has 1 atom stereocenters. The van der Waals surface area contributed by atoms with Crippen LogP contribution in [-0.4, -0.2) is 30.2 Å². The van der Waals surface area contributed by atoms with Crippen LogP contribution in [0.3, 0.4) is 0 Å². The third kappa shape index (κ3) is 2.76. The van der Waals surface area contributed by atoms with Crippen LogP contribution in [0.1, 0.15) is 20.8 Å². The predicted molar refractivity (Wildman–Crippen MR) is 42.5 cm³/mol. The second-order valence-corrected chi connectivity index (χ2v) is 2.09. The number of nitrogens with one attached hydrogen (secondary N) is 1. The maximum absolute atomic E-state index is 6.63. The third-order valence-electron chi connectivity index (χ3n) is 1.59. The van der Waals surface area contributed by atoms with Crippen molar-refractivity contribution < 1.29 is 0 Å². The van der Waals surface area contributed by atoms with Crippen LogP contribution in [0.2, 0.25) is 0 Å². The summed E-state index contributed by atoms with van der Waals surface area (Å²) in [6.07, 6.45) is 0.104. The van der Waals surface area contributed by atoms with E-state index in [1.54, 1.807) is 0 Å². The number of rotatable bonds is 4. The molecule has 0 spiro atoms. The van der Waals surface area contributed by atoms with E-state index in [4.69, 9.17) is 5.41 Å². The number of hydrogen-bond donors (Lipinski definition) is 1. The minimum atomic E-state index is 0.104. The Labute approximate surface area is 62.3 Å². The molecule has 0 aromatic heterocycles. The van der Waals surface area contributed by atoms with Gasteiger partial charge >= 0.3 is 0 Å². The fraction of sp³-hybridized carbons (Fsp3) is 0.857. The summed E-state index contributed by atoms with van der Waals surface area (Å²) in [4.78, 5) is 5.96. The molecule has 1 N–H and O–H groups in total. The van der Waals surface area contributed by atoms with Crippen molar-refractivity contribution in [1.82, 2.24) is 4.90 Å². The molecule has 0 amide bonds. The lowest BCUT2D eigenvalue weighted by molar-refractivity contribution is 0.239. The molecule has 0 fully saturated rings. The lowest BCUT2D eigenvalue weighted by atomic mass is 10.4. The van der Waals surface area contributed by atoms with Crippen LogP contribution in [0.5, 0.6) is 0 Å². The van der Waals surface area contributed by atoms with E-state index in [1.807, 2.05) is 12.9 Å². The fourth-order valence-corrected chi connectivity index (χ4v) is 0.927. The van der Waals surface area contributed by atoms with Crippen molar-refractivity contribution in [3.63, 3.8) is 0 Å². The molecule has 0 aliphatic carbocycles. The van der Waals surface area contributed by atoms with Gasteiger partial charge in [-0.2, -0.15) is 0 Å². The third-order valence-corrected chi connectivity index (χ3v) is 1.59. The molecule has 1 unspecified atom stereocenters. The normalized spacial score (nSPS) is 12.8. The number of hydrogen-bond acceptors (Lipinski definition) is 3. The molecular weight excluding hydrogens is 126 g/mol. The van der Waals surface area contributed by atoms with Crippen LogP contribution in [-0.2, 0) is 0 Å². The van der Waals surface area contributed by atoms with Crippen molar-refractivity contribution >= 4 is 6.01 Å². The van der Waals surface area contributed by atoms with Gasteiger partial charge in [-0.05, 0) is 20.0 Å². The summed E-state index contributed by atoms with van der Waals surface area (Å²) in [6, 6.07) is 2.05. The molecule has 58 valence electrons. The Bertz CT molecular complexity index is 123. The molecule has 0 aliphatic heterocycles. The molecular formula is C7H15N3. The van der Waals surface area contributed by atoms with Crippen molar-refractivity contribution in [2.45, 2.75) is 26.9 Å². The summed E-state index contributed by atoms with van der Waals surface area (Å²) >= 11 is 0. The van der Waals surface area contributed by atoms with Crippen molar-refractivity contribution in [2.24, 2.45) is 4.99 Å². The van der Waals surface area contributed by atoms with Gasteiger partial charge in [0.1, 0.15) is 6.17 Å². The van der Waals surface area contributed by atoms with E-state index in [0.29, 0.717) is 0 Å². The second kappa shape index (κ2) is 5.15. The van der Waals surface area contributed by atoms with E-state index in [-0.39, 0.29) is 6.17 Å². The monoisotopic (exact) mass is 141 g/mol. The maximum atomic E-state index is 6.63. The minimum absolute atomic E-state index is 0.104. The van der Waals surface area contributed by atoms with Crippen LogP contribution < -0.4 is 0 Å². The molecule has 0 saturated carbocycles. The molecule has 0 aliphatic rings. The van der Waals surface area contributed by atoms with Gasteiger partial charge in [-0.1, -0.05) is 13.8 Å². The molecule has 0 heterocycles. The molecule has 3 nitrogen and oxygen atoms in total. The molecule has 3 heteroatoms. The average Bonchev–Trinajstić information content (AvgIpc) is 1.91. The van der Waals surface area contributed by atoms with E-state index in [9.17, 15) is 0 Å².